The highest BCUT2D eigenvalue weighted by atomic mass is 35.5. The van der Waals surface area contributed by atoms with Crippen LogP contribution < -0.4 is 5.32 Å². The molecular weight excluding hydrogens is 416 g/mol. The second-order valence-corrected chi connectivity index (χ2v) is 6.94. The van der Waals surface area contributed by atoms with Crippen LogP contribution in [0.2, 0.25) is 5.02 Å². The first-order valence-electron chi connectivity index (χ1n) is 10.7. The van der Waals surface area contributed by atoms with E-state index in [2.05, 4.69) is 15.0 Å². The molecule has 1 aliphatic carbocycles. The Kier molecular flexibility index (Phi) is 12.5. The Labute approximate surface area is 190 Å². The first kappa shape index (κ1) is 26.6. The monoisotopic (exact) mass is 448 g/mol. The third-order valence-electron chi connectivity index (χ3n) is 4.31. The van der Waals surface area contributed by atoms with Crippen molar-refractivity contribution in [3.8, 4) is 0 Å². The summed E-state index contributed by atoms with van der Waals surface area (Å²) in [6.45, 7) is 10.2. The minimum Gasteiger partial charge on any atom is -0.466 e. The van der Waals surface area contributed by atoms with Crippen molar-refractivity contribution >= 4 is 29.7 Å². The first-order chi connectivity index (χ1) is 15.0. The molecule has 1 fully saturated rings. The normalized spacial score (nSPS) is 13.0. The van der Waals surface area contributed by atoms with Crippen molar-refractivity contribution in [1.29, 1.82) is 0 Å². The van der Waals surface area contributed by atoms with Gasteiger partial charge in [-0.2, -0.15) is 0 Å². The molecule has 1 saturated carbocycles. The Balaban J connectivity index is 0.000000521. The SMILES string of the molecule is CC.CCOC(C)=O.CCOC(c1cc(Cl)ccc1NC=O)c1cccnc1C1CC1. The van der Waals surface area contributed by atoms with Crippen LogP contribution in [0, 0.1) is 0 Å². The molecule has 0 radical (unpaired) electrons. The molecule has 1 aliphatic rings. The number of benzene rings is 1. The van der Waals surface area contributed by atoms with E-state index in [1.54, 1.807) is 19.1 Å². The molecule has 1 aromatic carbocycles. The molecule has 1 unspecified atom stereocenters. The number of anilines is 1. The van der Waals surface area contributed by atoms with E-state index in [-0.39, 0.29) is 12.1 Å². The Morgan fingerprint density at radius 3 is 2.45 bits per heavy atom. The third-order valence-corrected chi connectivity index (χ3v) is 4.54. The van der Waals surface area contributed by atoms with Crippen LogP contribution in [0.4, 0.5) is 5.69 Å². The Morgan fingerprint density at radius 1 is 1.23 bits per heavy atom. The van der Waals surface area contributed by atoms with Gasteiger partial charge in [-0.25, -0.2) is 0 Å². The number of aromatic nitrogens is 1. The highest BCUT2D eigenvalue weighted by Gasteiger charge is 2.31. The predicted molar refractivity (Wildman–Crippen MR) is 124 cm³/mol. The highest BCUT2D eigenvalue weighted by molar-refractivity contribution is 6.30. The van der Waals surface area contributed by atoms with E-state index in [9.17, 15) is 9.59 Å². The molecule has 6 nitrogen and oxygen atoms in total. The number of hydrogen-bond acceptors (Lipinski definition) is 5. The molecule has 3 rings (SSSR count). The molecule has 1 heterocycles. The molecule has 31 heavy (non-hydrogen) atoms. The van der Waals surface area contributed by atoms with E-state index in [1.165, 1.54) is 6.92 Å². The number of nitrogens with zero attached hydrogens (tertiary/aromatic N) is 1. The van der Waals surface area contributed by atoms with Crippen molar-refractivity contribution in [3.05, 3.63) is 58.4 Å². The first-order valence-corrected chi connectivity index (χ1v) is 11.1. The average molecular weight is 449 g/mol. The molecule has 1 amide bonds. The Morgan fingerprint density at radius 2 is 1.94 bits per heavy atom. The quantitative estimate of drug-likeness (QED) is 0.401. The molecule has 170 valence electrons. The topological polar surface area (TPSA) is 77.5 Å². The molecule has 0 bridgehead atoms. The van der Waals surface area contributed by atoms with Gasteiger partial charge >= 0.3 is 5.97 Å². The number of nitrogens with one attached hydrogen (secondary N) is 1. The van der Waals surface area contributed by atoms with E-state index in [1.807, 2.05) is 45.2 Å². The summed E-state index contributed by atoms with van der Waals surface area (Å²) in [7, 11) is 0. The van der Waals surface area contributed by atoms with Crippen LogP contribution in [0.25, 0.3) is 0 Å². The van der Waals surface area contributed by atoms with Gasteiger partial charge in [0.1, 0.15) is 6.10 Å². The van der Waals surface area contributed by atoms with E-state index < -0.39 is 0 Å². The van der Waals surface area contributed by atoms with Crippen LogP contribution >= 0.6 is 11.6 Å². The zero-order chi connectivity index (χ0) is 23.2. The van der Waals surface area contributed by atoms with Crippen LogP contribution in [-0.2, 0) is 19.1 Å². The molecule has 0 aliphatic heterocycles. The summed E-state index contributed by atoms with van der Waals surface area (Å²) in [6, 6.07) is 9.37. The predicted octanol–water partition coefficient (Wildman–Crippen LogP) is 5.90. The standard InChI is InChI=1S/C18H19ClN2O2.C4H8O2.C2H6/c1-2-23-18(14-4-3-9-20-17(14)12-5-6-12)15-10-13(19)7-8-16(15)21-11-22;1-3-6-4(2)5;1-2/h3-4,7-12,18H,2,5-6H2,1H3,(H,21,22);3H2,1-2H3;1-2H3. The van der Waals surface area contributed by atoms with Gasteiger partial charge in [-0.1, -0.05) is 31.5 Å². The van der Waals surface area contributed by atoms with Crippen molar-refractivity contribution in [2.24, 2.45) is 0 Å². The summed E-state index contributed by atoms with van der Waals surface area (Å²) >= 11 is 6.18. The number of esters is 1. The van der Waals surface area contributed by atoms with Crippen LogP contribution in [0.3, 0.4) is 0 Å². The van der Waals surface area contributed by atoms with E-state index >= 15 is 0 Å². The molecule has 1 aromatic heterocycles. The zero-order valence-corrected chi connectivity index (χ0v) is 19.7. The van der Waals surface area contributed by atoms with Crippen molar-refractivity contribution in [2.45, 2.75) is 59.5 Å². The maximum atomic E-state index is 10.9. The lowest BCUT2D eigenvalue weighted by atomic mass is 9.96. The number of amides is 1. The third kappa shape index (κ3) is 8.67. The molecule has 0 saturated heterocycles. The van der Waals surface area contributed by atoms with Crippen LogP contribution in [-0.4, -0.2) is 30.6 Å². The molecule has 7 heteroatoms. The molecule has 0 spiro atoms. The fraction of sp³-hybridized carbons (Fsp3) is 0.458. The maximum absolute atomic E-state index is 10.9. The average Bonchev–Trinajstić information content (AvgIpc) is 3.61. The fourth-order valence-corrected chi connectivity index (χ4v) is 3.19. The van der Waals surface area contributed by atoms with Crippen molar-refractivity contribution in [2.75, 3.05) is 18.5 Å². The minimum atomic E-state index is -0.301. The summed E-state index contributed by atoms with van der Waals surface area (Å²) in [6.07, 6.45) is 4.52. The van der Waals surface area contributed by atoms with E-state index in [0.29, 0.717) is 36.3 Å². The number of pyridine rings is 1. The summed E-state index contributed by atoms with van der Waals surface area (Å²) in [5.74, 6) is 0.299. The van der Waals surface area contributed by atoms with Crippen LogP contribution in [0.5, 0.6) is 0 Å². The highest BCUT2D eigenvalue weighted by Crippen LogP contribution is 2.44. The lowest BCUT2D eigenvalue weighted by Crippen LogP contribution is -2.12. The molecular formula is C24H33ClN2O4. The summed E-state index contributed by atoms with van der Waals surface area (Å²) in [4.78, 5) is 25.3. The van der Waals surface area contributed by atoms with Gasteiger partial charge in [0.2, 0.25) is 6.41 Å². The second-order valence-electron chi connectivity index (χ2n) is 6.51. The second kappa shape index (κ2) is 14.5. The number of ether oxygens (including phenoxy) is 2. The number of carbonyl (C=O) groups is 2. The summed E-state index contributed by atoms with van der Waals surface area (Å²) < 4.78 is 10.4. The zero-order valence-electron chi connectivity index (χ0n) is 19.0. The maximum Gasteiger partial charge on any atom is 0.302 e. The largest absolute Gasteiger partial charge is 0.466 e. The number of hydrogen-bond donors (Lipinski definition) is 1. The lowest BCUT2D eigenvalue weighted by molar-refractivity contribution is -0.140. The Bertz CT molecular complexity index is 825. The molecule has 1 N–H and O–H groups in total. The van der Waals surface area contributed by atoms with Gasteiger partial charge in [-0.15, -0.1) is 0 Å². The summed E-state index contributed by atoms with van der Waals surface area (Å²) in [5.41, 5.74) is 3.69. The van der Waals surface area contributed by atoms with Crippen molar-refractivity contribution < 1.29 is 19.1 Å². The smallest absolute Gasteiger partial charge is 0.302 e. The molecule has 1 atom stereocenters. The Hall–Kier alpha value is -2.44. The van der Waals surface area contributed by atoms with Gasteiger partial charge in [0.05, 0.1) is 6.61 Å². The van der Waals surface area contributed by atoms with E-state index in [0.717, 1.165) is 29.7 Å². The summed E-state index contributed by atoms with van der Waals surface area (Å²) in [5, 5.41) is 3.35. The lowest BCUT2D eigenvalue weighted by Gasteiger charge is -2.23. The van der Waals surface area contributed by atoms with Crippen molar-refractivity contribution in [3.63, 3.8) is 0 Å². The number of rotatable bonds is 8. The number of carbonyl (C=O) groups excluding carboxylic acids is 2. The van der Waals surface area contributed by atoms with E-state index in [4.69, 9.17) is 16.3 Å². The van der Waals surface area contributed by atoms with Crippen molar-refractivity contribution in [1.82, 2.24) is 4.98 Å². The van der Waals surface area contributed by atoms with Gasteiger partial charge < -0.3 is 14.8 Å². The minimum absolute atomic E-state index is 0.211. The molecule has 2 aromatic rings. The van der Waals surface area contributed by atoms with Crippen LogP contribution in [0.1, 0.15) is 76.3 Å². The van der Waals surface area contributed by atoms with Gasteiger partial charge in [-0.05, 0) is 51.0 Å². The van der Waals surface area contributed by atoms with Gasteiger partial charge in [0.15, 0.2) is 0 Å². The number of halogens is 1. The van der Waals surface area contributed by atoms with Crippen LogP contribution in [0.15, 0.2) is 36.5 Å². The fourth-order valence-electron chi connectivity index (χ4n) is 3.01. The van der Waals surface area contributed by atoms with Gasteiger partial charge in [0.25, 0.3) is 0 Å². The van der Waals surface area contributed by atoms with Gasteiger partial charge in [-0.3, -0.25) is 14.6 Å². The van der Waals surface area contributed by atoms with Gasteiger partial charge in [0, 0.05) is 53.2 Å².